The van der Waals surface area contributed by atoms with E-state index in [2.05, 4.69) is 22.8 Å². The van der Waals surface area contributed by atoms with Crippen molar-refractivity contribution < 1.29 is 31.9 Å². The number of hydrogen-bond donors (Lipinski definition) is 1. The second-order valence-electron chi connectivity index (χ2n) is 5.41. The van der Waals surface area contributed by atoms with E-state index < -0.39 is 7.25 Å². The van der Waals surface area contributed by atoms with Crippen molar-refractivity contribution in [2.45, 2.75) is 51.9 Å². The molecule has 1 rings (SSSR count). The van der Waals surface area contributed by atoms with Crippen LogP contribution >= 0.6 is 0 Å². The summed E-state index contributed by atoms with van der Waals surface area (Å²) >= 11 is 0. The van der Waals surface area contributed by atoms with Crippen molar-refractivity contribution >= 4 is 13.2 Å². The van der Waals surface area contributed by atoms with E-state index in [1.165, 1.54) is 31.4 Å². The Morgan fingerprint density at radius 2 is 1.71 bits per heavy atom. The minimum absolute atomic E-state index is 0.275. The number of halogens is 4. The van der Waals surface area contributed by atoms with Gasteiger partial charge >= 0.3 is 13.2 Å². The number of aromatic amines is 2. The summed E-state index contributed by atoms with van der Waals surface area (Å²) < 4.78 is 44.0. The van der Waals surface area contributed by atoms with Crippen molar-refractivity contribution in [3.8, 4) is 0 Å². The van der Waals surface area contributed by atoms with Crippen molar-refractivity contribution in [3.63, 3.8) is 0 Å². The average Bonchev–Trinajstić information content (AvgIpc) is 2.96. The van der Waals surface area contributed by atoms with E-state index in [9.17, 15) is 22.1 Å². The van der Waals surface area contributed by atoms with Gasteiger partial charge in [-0.1, -0.05) is 32.3 Å². The SMILES string of the molecule is C=C(C)C(=O)OCCCCCCCCc1cc[nH+][nH]1.F[B-](F)(F)F. The molecule has 2 N–H and O–H groups in total. The lowest BCUT2D eigenvalue weighted by Gasteiger charge is -2.04. The summed E-state index contributed by atoms with van der Waals surface area (Å²) in [7, 11) is -6.00. The maximum atomic E-state index is 11.1. The summed E-state index contributed by atoms with van der Waals surface area (Å²) in [4.78, 5) is 11.1. The van der Waals surface area contributed by atoms with Crippen LogP contribution in [0.5, 0.6) is 0 Å². The first-order valence-corrected chi connectivity index (χ1v) is 7.94. The molecule has 0 fully saturated rings. The molecule has 1 aromatic heterocycles. The molecule has 0 saturated carbocycles. The van der Waals surface area contributed by atoms with E-state index >= 15 is 0 Å². The van der Waals surface area contributed by atoms with Gasteiger partial charge in [0.05, 0.1) is 12.3 Å². The molecule has 24 heavy (non-hydrogen) atoms. The van der Waals surface area contributed by atoms with Crippen molar-refractivity contribution in [2.24, 2.45) is 0 Å². The van der Waals surface area contributed by atoms with Gasteiger partial charge in [0.1, 0.15) is 0 Å². The minimum atomic E-state index is -6.00. The van der Waals surface area contributed by atoms with Gasteiger partial charge in [0.25, 0.3) is 0 Å². The highest BCUT2D eigenvalue weighted by molar-refractivity contribution is 6.50. The summed E-state index contributed by atoms with van der Waals surface area (Å²) in [6.07, 6.45) is 10.0. The number of unbranched alkanes of at least 4 members (excludes halogenated alkanes) is 5. The molecule has 0 aromatic carbocycles. The fourth-order valence-corrected chi connectivity index (χ4v) is 1.88. The molecule has 0 radical (unpaired) electrons. The number of carbonyl (C=O) groups excluding carboxylic acids is 1. The fourth-order valence-electron chi connectivity index (χ4n) is 1.88. The predicted octanol–water partition coefficient (Wildman–Crippen LogP) is 4.13. The largest absolute Gasteiger partial charge is 0.673 e. The first kappa shape index (κ1) is 22.2. The number of aromatic nitrogens is 2. The van der Waals surface area contributed by atoms with Crippen molar-refractivity contribution in [2.75, 3.05) is 6.61 Å². The number of hydrogen-bond acceptors (Lipinski definition) is 2. The maximum absolute atomic E-state index is 11.1. The Hall–Kier alpha value is -1.80. The Bertz CT molecular complexity index is 459. The molecule has 0 bridgehead atoms. The molecular weight excluding hydrogens is 327 g/mol. The first-order valence-electron chi connectivity index (χ1n) is 7.94. The Labute approximate surface area is 139 Å². The number of nitrogens with one attached hydrogen (secondary N) is 2. The van der Waals surface area contributed by atoms with E-state index in [0.29, 0.717) is 12.2 Å². The van der Waals surface area contributed by atoms with Crippen LogP contribution in [0.15, 0.2) is 24.4 Å². The lowest BCUT2D eigenvalue weighted by molar-refractivity contribution is -0.449. The molecule has 1 aromatic rings. The Morgan fingerprint density at radius 1 is 1.17 bits per heavy atom. The second kappa shape index (κ2) is 12.6. The number of aryl methyl sites for hydroxylation is 1. The molecule has 0 amide bonds. The number of ether oxygens (including phenoxy) is 1. The van der Waals surface area contributed by atoms with Crippen LogP contribution in [0, 0.1) is 0 Å². The third-order valence-electron chi connectivity index (χ3n) is 3.02. The van der Waals surface area contributed by atoms with Crippen molar-refractivity contribution in [3.05, 3.63) is 30.1 Å². The monoisotopic (exact) mass is 352 g/mol. The third-order valence-corrected chi connectivity index (χ3v) is 3.02. The highest BCUT2D eigenvalue weighted by Crippen LogP contribution is 2.08. The molecule has 0 aliphatic heterocycles. The van der Waals surface area contributed by atoms with Crippen LogP contribution in [0.1, 0.15) is 51.1 Å². The van der Waals surface area contributed by atoms with Crippen molar-refractivity contribution in [1.82, 2.24) is 5.10 Å². The zero-order valence-electron chi connectivity index (χ0n) is 13.9. The van der Waals surface area contributed by atoms with Crippen LogP contribution in [-0.2, 0) is 16.0 Å². The highest BCUT2D eigenvalue weighted by Gasteiger charge is 2.20. The van der Waals surface area contributed by atoms with E-state index in [1.54, 1.807) is 6.92 Å². The minimum Gasteiger partial charge on any atom is -0.462 e. The number of rotatable bonds is 10. The summed E-state index contributed by atoms with van der Waals surface area (Å²) in [5.41, 5.74) is 1.74. The molecule has 9 heteroatoms. The molecule has 138 valence electrons. The molecule has 0 spiro atoms. The van der Waals surface area contributed by atoms with Gasteiger partial charge in [-0.05, 0) is 26.2 Å². The third kappa shape index (κ3) is 16.6. The zero-order valence-corrected chi connectivity index (χ0v) is 13.9. The van der Waals surface area contributed by atoms with Gasteiger partial charge in [0, 0.05) is 11.6 Å². The molecule has 1 heterocycles. The normalized spacial score (nSPS) is 10.7. The fraction of sp³-hybridized carbons (Fsp3) is 0.600. The average molecular weight is 352 g/mol. The van der Waals surface area contributed by atoms with E-state index in [4.69, 9.17) is 4.74 Å². The number of carbonyl (C=O) groups is 1. The summed E-state index contributed by atoms with van der Waals surface area (Å²) in [5, 5.41) is 6.04. The molecule has 0 atom stereocenters. The number of esters is 1. The van der Waals surface area contributed by atoms with E-state index in [0.717, 1.165) is 19.3 Å². The maximum Gasteiger partial charge on any atom is 0.673 e. The van der Waals surface area contributed by atoms with Crippen molar-refractivity contribution in [1.29, 1.82) is 0 Å². The van der Waals surface area contributed by atoms with Crippen LogP contribution in [-0.4, -0.2) is 24.9 Å². The lowest BCUT2D eigenvalue weighted by Crippen LogP contribution is -2.05. The molecule has 0 aliphatic carbocycles. The van der Waals surface area contributed by atoms with Crippen LogP contribution in [0.2, 0.25) is 0 Å². The summed E-state index contributed by atoms with van der Waals surface area (Å²) in [5.74, 6) is -0.275. The van der Waals surface area contributed by atoms with Gasteiger partial charge in [0.15, 0.2) is 6.20 Å². The van der Waals surface area contributed by atoms with Gasteiger partial charge < -0.3 is 22.0 Å². The molecule has 0 unspecified atom stereocenters. The standard InChI is InChI=1S/C15H24N2O2.BF4/c1-13(2)15(18)19-12-8-6-4-3-5-7-9-14-10-11-16-17-14;2-1(3,4)5/h10-11H,1,3-9,12H2,2H3,(H,16,17);/q;-1/p+1. The summed E-state index contributed by atoms with van der Waals surface area (Å²) in [6.45, 7) is 5.73. The molecule has 0 saturated heterocycles. The topological polar surface area (TPSA) is 56.2 Å². The molecular formula is C15H25BF4N2O2. The van der Waals surface area contributed by atoms with Crippen LogP contribution in [0.4, 0.5) is 17.3 Å². The quantitative estimate of drug-likeness (QED) is 0.226. The Morgan fingerprint density at radius 3 is 2.21 bits per heavy atom. The van der Waals surface area contributed by atoms with Gasteiger partial charge in [-0.25, -0.2) is 4.79 Å². The van der Waals surface area contributed by atoms with Crippen LogP contribution in [0.3, 0.4) is 0 Å². The predicted molar refractivity (Wildman–Crippen MR) is 84.7 cm³/mol. The Balaban J connectivity index is 0.000000922. The van der Waals surface area contributed by atoms with E-state index in [1.807, 2.05) is 6.20 Å². The summed E-state index contributed by atoms with van der Waals surface area (Å²) in [6, 6.07) is 2.08. The van der Waals surface area contributed by atoms with Gasteiger partial charge in [-0.2, -0.15) is 5.10 Å². The van der Waals surface area contributed by atoms with Gasteiger partial charge in [0.2, 0.25) is 0 Å². The second-order valence-corrected chi connectivity index (χ2v) is 5.41. The smallest absolute Gasteiger partial charge is 0.462 e. The van der Waals surface area contributed by atoms with Gasteiger partial charge in [-0.3, -0.25) is 0 Å². The Kier molecular flexibility index (Phi) is 11.7. The van der Waals surface area contributed by atoms with Crippen LogP contribution in [0.25, 0.3) is 0 Å². The zero-order chi connectivity index (χ0) is 18.4. The molecule has 4 nitrogen and oxygen atoms in total. The molecule has 0 aliphatic rings. The van der Waals surface area contributed by atoms with E-state index in [-0.39, 0.29) is 5.97 Å². The number of H-pyrrole nitrogens is 2. The lowest BCUT2D eigenvalue weighted by atomic mass is 10.1. The van der Waals surface area contributed by atoms with Gasteiger partial charge in [-0.15, -0.1) is 5.10 Å². The highest BCUT2D eigenvalue weighted by atomic mass is 19.5. The van der Waals surface area contributed by atoms with Crippen LogP contribution < -0.4 is 5.10 Å². The first-order chi connectivity index (χ1) is 11.2.